The van der Waals surface area contributed by atoms with E-state index in [4.69, 9.17) is 10.5 Å². The molecule has 0 saturated carbocycles. The molecule has 0 bridgehead atoms. The van der Waals surface area contributed by atoms with Crippen molar-refractivity contribution in [1.29, 1.82) is 0 Å². The van der Waals surface area contributed by atoms with Gasteiger partial charge in [0.2, 0.25) is 5.82 Å². The summed E-state index contributed by atoms with van der Waals surface area (Å²) in [5, 5.41) is 2.31. The highest BCUT2D eigenvalue weighted by molar-refractivity contribution is 5.94. The van der Waals surface area contributed by atoms with Crippen LogP contribution in [0, 0.1) is 17.5 Å². The van der Waals surface area contributed by atoms with E-state index in [1.807, 2.05) is 0 Å². The average Bonchev–Trinajstić information content (AvgIpc) is 2.44. The van der Waals surface area contributed by atoms with Crippen molar-refractivity contribution in [2.45, 2.75) is 0 Å². The van der Waals surface area contributed by atoms with E-state index in [-0.39, 0.29) is 11.4 Å². The summed E-state index contributed by atoms with van der Waals surface area (Å²) in [5.74, 6) is -3.91. The van der Waals surface area contributed by atoms with Gasteiger partial charge in [-0.25, -0.2) is 8.78 Å². The summed E-state index contributed by atoms with van der Waals surface area (Å²) in [4.78, 5) is 11.6. The molecule has 0 saturated heterocycles. The van der Waals surface area contributed by atoms with Crippen LogP contribution in [0.25, 0.3) is 0 Å². The lowest BCUT2D eigenvalue weighted by Gasteiger charge is -2.10. The maximum Gasteiger partial charge on any atom is 0.262 e. The number of carbonyl (C=O) groups excluding carboxylic acids is 1. The van der Waals surface area contributed by atoms with Gasteiger partial charge in [-0.05, 0) is 30.3 Å². The van der Waals surface area contributed by atoms with Crippen LogP contribution in [0.5, 0.6) is 5.75 Å². The molecular formula is C14H11F3N2O2. The van der Waals surface area contributed by atoms with E-state index in [2.05, 4.69) is 5.32 Å². The second kappa shape index (κ2) is 6.17. The highest BCUT2D eigenvalue weighted by Crippen LogP contribution is 2.20. The van der Waals surface area contributed by atoms with Gasteiger partial charge in [0.25, 0.3) is 5.91 Å². The molecule has 0 aliphatic rings. The zero-order valence-electron chi connectivity index (χ0n) is 10.7. The Morgan fingerprint density at radius 3 is 2.71 bits per heavy atom. The number of anilines is 2. The Morgan fingerprint density at radius 2 is 1.95 bits per heavy atom. The minimum absolute atomic E-state index is 0.0725. The fourth-order valence-electron chi connectivity index (χ4n) is 1.56. The monoisotopic (exact) mass is 296 g/mol. The Hall–Kier alpha value is -2.70. The maximum atomic E-state index is 13.3. The number of halogens is 3. The van der Waals surface area contributed by atoms with Gasteiger partial charge in [0.1, 0.15) is 5.82 Å². The number of hydrogen-bond donors (Lipinski definition) is 2. The normalized spacial score (nSPS) is 10.2. The molecule has 3 N–H and O–H groups in total. The smallest absolute Gasteiger partial charge is 0.262 e. The molecule has 4 nitrogen and oxygen atoms in total. The Morgan fingerprint density at radius 1 is 1.19 bits per heavy atom. The Labute approximate surface area is 118 Å². The standard InChI is InChI=1S/C14H11F3N2O2/c15-8-4-5-10(18)11(6-8)19-13(20)7-21-12-3-1-2-9(16)14(12)17/h1-6H,7,18H2,(H,19,20). The molecule has 2 rings (SSSR count). The zero-order chi connectivity index (χ0) is 15.4. The highest BCUT2D eigenvalue weighted by atomic mass is 19.2. The molecule has 0 unspecified atom stereocenters. The Kier molecular flexibility index (Phi) is 4.32. The molecular weight excluding hydrogens is 285 g/mol. The van der Waals surface area contributed by atoms with Gasteiger partial charge in [0, 0.05) is 0 Å². The molecule has 7 heteroatoms. The van der Waals surface area contributed by atoms with Gasteiger partial charge in [-0.15, -0.1) is 0 Å². The Bertz CT molecular complexity index is 677. The number of ether oxygens (including phenoxy) is 1. The van der Waals surface area contributed by atoms with Crippen molar-refractivity contribution in [2.24, 2.45) is 0 Å². The zero-order valence-corrected chi connectivity index (χ0v) is 10.7. The van der Waals surface area contributed by atoms with Gasteiger partial charge in [-0.2, -0.15) is 4.39 Å². The summed E-state index contributed by atoms with van der Waals surface area (Å²) in [7, 11) is 0. The quantitative estimate of drug-likeness (QED) is 0.853. The van der Waals surface area contributed by atoms with Gasteiger partial charge < -0.3 is 15.8 Å². The van der Waals surface area contributed by atoms with Crippen LogP contribution in [0.1, 0.15) is 0 Å². The van der Waals surface area contributed by atoms with Crippen LogP contribution in [0.15, 0.2) is 36.4 Å². The summed E-state index contributed by atoms with van der Waals surface area (Å²) in [6.07, 6.45) is 0. The van der Waals surface area contributed by atoms with E-state index in [0.29, 0.717) is 0 Å². The van der Waals surface area contributed by atoms with Crippen molar-refractivity contribution in [1.82, 2.24) is 0 Å². The number of rotatable bonds is 4. The molecule has 2 aromatic rings. The number of carbonyl (C=O) groups is 1. The molecule has 2 aromatic carbocycles. The third-order valence-corrected chi connectivity index (χ3v) is 2.56. The van der Waals surface area contributed by atoms with Crippen LogP contribution >= 0.6 is 0 Å². The summed E-state index contributed by atoms with van der Waals surface area (Å²) < 4.78 is 44.1. The largest absolute Gasteiger partial charge is 0.481 e. The molecule has 0 radical (unpaired) electrons. The van der Waals surface area contributed by atoms with Crippen LogP contribution in [0.2, 0.25) is 0 Å². The molecule has 0 aliphatic carbocycles. The molecule has 21 heavy (non-hydrogen) atoms. The van der Waals surface area contributed by atoms with Gasteiger partial charge in [0.05, 0.1) is 11.4 Å². The first-order chi connectivity index (χ1) is 9.97. The summed E-state index contributed by atoms with van der Waals surface area (Å²) in [5.41, 5.74) is 5.80. The number of nitrogens with one attached hydrogen (secondary N) is 1. The van der Waals surface area contributed by atoms with Crippen LogP contribution in [-0.2, 0) is 4.79 Å². The van der Waals surface area contributed by atoms with E-state index in [1.165, 1.54) is 18.2 Å². The highest BCUT2D eigenvalue weighted by Gasteiger charge is 2.11. The van der Waals surface area contributed by atoms with Gasteiger partial charge in [0.15, 0.2) is 18.2 Å². The average molecular weight is 296 g/mol. The van der Waals surface area contributed by atoms with Crippen LogP contribution in [0.3, 0.4) is 0 Å². The number of nitrogens with two attached hydrogens (primary N) is 1. The molecule has 0 spiro atoms. The molecule has 0 aliphatic heterocycles. The molecule has 110 valence electrons. The maximum absolute atomic E-state index is 13.3. The van der Waals surface area contributed by atoms with Gasteiger partial charge >= 0.3 is 0 Å². The van der Waals surface area contributed by atoms with Gasteiger partial charge in [-0.3, -0.25) is 4.79 Å². The summed E-state index contributed by atoms with van der Waals surface area (Å²) >= 11 is 0. The molecule has 0 fully saturated rings. The minimum atomic E-state index is -1.18. The predicted molar refractivity (Wildman–Crippen MR) is 71.3 cm³/mol. The van der Waals surface area contributed by atoms with Crippen molar-refractivity contribution in [3.8, 4) is 5.75 Å². The number of amides is 1. The first-order valence-corrected chi connectivity index (χ1v) is 5.89. The second-order valence-electron chi connectivity index (χ2n) is 4.12. The Balaban J connectivity index is 1.99. The predicted octanol–water partition coefficient (Wildman–Crippen LogP) is 2.70. The minimum Gasteiger partial charge on any atom is -0.481 e. The number of hydrogen-bond acceptors (Lipinski definition) is 3. The molecule has 0 atom stereocenters. The van der Waals surface area contributed by atoms with Crippen LogP contribution < -0.4 is 15.8 Å². The van der Waals surface area contributed by atoms with Crippen molar-refractivity contribution < 1.29 is 22.7 Å². The first-order valence-electron chi connectivity index (χ1n) is 5.89. The lowest BCUT2D eigenvalue weighted by molar-refractivity contribution is -0.118. The van der Waals surface area contributed by atoms with Gasteiger partial charge in [-0.1, -0.05) is 6.07 Å². The van der Waals surface area contributed by atoms with Crippen molar-refractivity contribution in [3.63, 3.8) is 0 Å². The van der Waals surface area contributed by atoms with Crippen LogP contribution in [-0.4, -0.2) is 12.5 Å². The second-order valence-corrected chi connectivity index (χ2v) is 4.12. The van der Waals surface area contributed by atoms with Crippen LogP contribution in [0.4, 0.5) is 24.5 Å². The van der Waals surface area contributed by atoms with Crippen molar-refractivity contribution in [2.75, 3.05) is 17.7 Å². The SMILES string of the molecule is Nc1ccc(F)cc1NC(=O)COc1cccc(F)c1F. The number of benzene rings is 2. The van der Waals surface area contributed by atoms with Crippen molar-refractivity contribution in [3.05, 3.63) is 53.8 Å². The summed E-state index contributed by atoms with van der Waals surface area (Å²) in [6, 6.07) is 6.83. The van der Waals surface area contributed by atoms with E-state index in [0.717, 1.165) is 18.2 Å². The third kappa shape index (κ3) is 3.65. The van der Waals surface area contributed by atoms with E-state index in [9.17, 15) is 18.0 Å². The van der Waals surface area contributed by atoms with E-state index in [1.54, 1.807) is 0 Å². The van der Waals surface area contributed by atoms with E-state index < -0.39 is 35.7 Å². The van der Waals surface area contributed by atoms with E-state index >= 15 is 0 Å². The van der Waals surface area contributed by atoms with Crippen molar-refractivity contribution >= 4 is 17.3 Å². The lowest BCUT2D eigenvalue weighted by atomic mass is 10.2. The fourth-order valence-corrected chi connectivity index (χ4v) is 1.56. The topological polar surface area (TPSA) is 64.3 Å². The number of nitrogen functional groups attached to an aromatic ring is 1. The molecule has 0 heterocycles. The first kappa shape index (κ1) is 14.7. The lowest BCUT2D eigenvalue weighted by Crippen LogP contribution is -2.21. The molecule has 1 amide bonds. The third-order valence-electron chi connectivity index (χ3n) is 2.56. The summed E-state index contributed by atoms with van der Waals surface area (Å²) in [6.45, 7) is -0.573. The fraction of sp³-hybridized carbons (Fsp3) is 0.0714. The molecule has 0 aromatic heterocycles.